The molecule has 0 spiro atoms. The highest BCUT2D eigenvalue weighted by molar-refractivity contribution is 6.33. The average Bonchev–Trinajstić information content (AvgIpc) is 2.44. The van der Waals surface area contributed by atoms with Crippen molar-refractivity contribution >= 4 is 28.9 Å². The molecular formula is C12H6ClF2N3O3. The van der Waals surface area contributed by atoms with E-state index in [-0.39, 0.29) is 10.7 Å². The number of nitrogens with zero attached hydrogens (tertiary/aromatic N) is 2. The standard InChI is InChI=1S/C12H6ClF2N3O3/c13-11-7(4-6(5-16-11)18(20)21)12(19)17-9-3-1-2-8(14)10(9)15/h1-5H,(H,17,19). The predicted octanol–water partition coefficient (Wildman–Crippen LogP) is 3.17. The Kier molecular flexibility index (Phi) is 4.08. The van der Waals surface area contributed by atoms with Crippen LogP contribution in [-0.2, 0) is 0 Å². The number of nitro groups is 1. The van der Waals surface area contributed by atoms with Gasteiger partial charge in [0, 0.05) is 6.07 Å². The second-order valence-corrected chi connectivity index (χ2v) is 4.20. The van der Waals surface area contributed by atoms with E-state index >= 15 is 0 Å². The van der Waals surface area contributed by atoms with Crippen LogP contribution in [0.2, 0.25) is 5.15 Å². The van der Waals surface area contributed by atoms with E-state index in [2.05, 4.69) is 10.3 Å². The number of hydrogen-bond donors (Lipinski definition) is 1. The molecule has 9 heteroatoms. The fourth-order valence-corrected chi connectivity index (χ4v) is 1.68. The lowest BCUT2D eigenvalue weighted by Gasteiger charge is -2.07. The van der Waals surface area contributed by atoms with Crippen molar-refractivity contribution in [3.63, 3.8) is 0 Å². The van der Waals surface area contributed by atoms with Gasteiger partial charge in [0.1, 0.15) is 11.3 Å². The summed E-state index contributed by atoms with van der Waals surface area (Å²) in [5, 5.41) is 12.4. The molecule has 1 amide bonds. The molecule has 0 saturated heterocycles. The van der Waals surface area contributed by atoms with Crippen molar-refractivity contribution in [2.75, 3.05) is 5.32 Å². The Bertz CT molecular complexity index is 740. The minimum Gasteiger partial charge on any atom is -0.319 e. The number of rotatable bonds is 3. The first-order valence-corrected chi connectivity index (χ1v) is 5.83. The molecule has 0 atom stereocenters. The van der Waals surface area contributed by atoms with Crippen LogP contribution in [-0.4, -0.2) is 15.8 Å². The maximum absolute atomic E-state index is 13.4. The van der Waals surface area contributed by atoms with Crippen LogP contribution in [0.5, 0.6) is 0 Å². The zero-order chi connectivity index (χ0) is 15.6. The van der Waals surface area contributed by atoms with E-state index in [1.54, 1.807) is 0 Å². The SMILES string of the molecule is O=C(Nc1cccc(F)c1F)c1cc([N+](=O)[O-])cnc1Cl. The number of anilines is 1. The number of nitrogens with one attached hydrogen (secondary N) is 1. The largest absolute Gasteiger partial charge is 0.319 e. The second kappa shape index (κ2) is 5.80. The molecule has 2 aromatic rings. The van der Waals surface area contributed by atoms with E-state index in [9.17, 15) is 23.7 Å². The fraction of sp³-hybridized carbons (Fsp3) is 0. The molecule has 0 aliphatic carbocycles. The van der Waals surface area contributed by atoms with Gasteiger partial charge in [-0.3, -0.25) is 14.9 Å². The van der Waals surface area contributed by atoms with Crippen molar-refractivity contribution in [1.82, 2.24) is 4.98 Å². The quantitative estimate of drug-likeness (QED) is 0.536. The molecule has 1 N–H and O–H groups in total. The normalized spacial score (nSPS) is 10.2. The zero-order valence-corrected chi connectivity index (χ0v) is 10.9. The number of pyridine rings is 1. The molecule has 1 aromatic carbocycles. The van der Waals surface area contributed by atoms with Gasteiger partial charge in [0.05, 0.1) is 16.2 Å². The summed E-state index contributed by atoms with van der Waals surface area (Å²) in [6, 6.07) is 4.10. The van der Waals surface area contributed by atoms with Crippen LogP contribution >= 0.6 is 11.6 Å². The third-order valence-electron chi connectivity index (χ3n) is 2.48. The van der Waals surface area contributed by atoms with Crippen LogP contribution in [0, 0.1) is 21.7 Å². The Morgan fingerprint density at radius 1 is 1.38 bits per heavy atom. The van der Waals surface area contributed by atoms with Gasteiger partial charge in [-0.2, -0.15) is 0 Å². The molecule has 0 radical (unpaired) electrons. The van der Waals surface area contributed by atoms with Gasteiger partial charge in [-0.1, -0.05) is 17.7 Å². The minimum absolute atomic E-state index is 0.296. The van der Waals surface area contributed by atoms with E-state index < -0.39 is 33.8 Å². The first-order chi connectivity index (χ1) is 9.90. The van der Waals surface area contributed by atoms with Gasteiger partial charge in [0.2, 0.25) is 0 Å². The minimum atomic E-state index is -1.25. The summed E-state index contributed by atoms with van der Waals surface area (Å²) >= 11 is 5.67. The lowest BCUT2D eigenvalue weighted by Crippen LogP contribution is -2.15. The van der Waals surface area contributed by atoms with Gasteiger partial charge in [-0.05, 0) is 12.1 Å². The van der Waals surface area contributed by atoms with E-state index in [0.29, 0.717) is 0 Å². The van der Waals surface area contributed by atoms with Crippen molar-refractivity contribution < 1.29 is 18.5 Å². The molecule has 6 nitrogen and oxygen atoms in total. The Morgan fingerprint density at radius 3 is 2.76 bits per heavy atom. The molecule has 0 fully saturated rings. The molecule has 0 aliphatic rings. The van der Waals surface area contributed by atoms with E-state index in [1.165, 1.54) is 6.07 Å². The summed E-state index contributed by atoms with van der Waals surface area (Å²) in [5.41, 5.74) is -1.19. The number of carbonyl (C=O) groups is 1. The first kappa shape index (κ1) is 14.8. The molecule has 2 rings (SSSR count). The lowest BCUT2D eigenvalue weighted by molar-refractivity contribution is -0.385. The van der Waals surface area contributed by atoms with Crippen LogP contribution in [0.4, 0.5) is 20.2 Å². The van der Waals surface area contributed by atoms with Gasteiger partial charge < -0.3 is 5.32 Å². The third kappa shape index (κ3) is 3.11. The van der Waals surface area contributed by atoms with Crippen molar-refractivity contribution in [3.8, 4) is 0 Å². The van der Waals surface area contributed by atoms with E-state index in [0.717, 1.165) is 24.4 Å². The van der Waals surface area contributed by atoms with Gasteiger partial charge in [0.15, 0.2) is 11.6 Å². The Balaban J connectivity index is 2.34. The first-order valence-electron chi connectivity index (χ1n) is 5.45. The number of hydrogen-bond acceptors (Lipinski definition) is 4. The molecular weight excluding hydrogens is 308 g/mol. The molecule has 1 aromatic heterocycles. The highest BCUT2D eigenvalue weighted by Crippen LogP contribution is 2.22. The van der Waals surface area contributed by atoms with Crippen molar-refractivity contribution in [2.24, 2.45) is 0 Å². The molecule has 0 aliphatic heterocycles. The van der Waals surface area contributed by atoms with Crippen molar-refractivity contribution in [1.29, 1.82) is 0 Å². The van der Waals surface area contributed by atoms with Gasteiger partial charge in [0.25, 0.3) is 11.6 Å². The Hall–Kier alpha value is -2.61. The van der Waals surface area contributed by atoms with Crippen LogP contribution in [0.3, 0.4) is 0 Å². The summed E-state index contributed by atoms with van der Waals surface area (Å²) < 4.78 is 26.5. The molecule has 108 valence electrons. The van der Waals surface area contributed by atoms with Gasteiger partial charge in [-0.15, -0.1) is 0 Å². The second-order valence-electron chi connectivity index (χ2n) is 3.84. The topological polar surface area (TPSA) is 85.1 Å². The Morgan fingerprint density at radius 2 is 2.10 bits per heavy atom. The predicted molar refractivity (Wildman–Crippen MR) is 70.2 cm³/mol. The van der Waals surface area contributed by atoms with Crippen molar-refractivity contribution in [2.45, 2.75) is 0 Å². The number of carbonyl (C=O) groups excluding carboxylic acids is 1. The molecule has 21 heavy (non-hydrogen) atoms. The zero-order valence-electron chi connectivity index (χ0n) is 10.1. The van der Waals surface area contributed by atoms with E-state index in [1.807, 2.05) is 0 Å². The molecule has 0 unspecified atom stereocenters. The molecule has 0 bridgehead atoms. The lowest BCUT2D eigenvalue weighted by atomic mass is 10.2. The van der Waals surface area contributed by atoms with Crippen LogP contribution in [0.1, 0.15) is 10.4 Å². The Labute approximate surface area is 121 Å². The summed E-state index contributed by atoms with van der Waals surface area (Å²) in [6.45, 7) is 0. The number of amides is 1. The van der Waals surface area contributed by atoms with Crippen LogP contribution < -0.4 is 5.32 Å². The number of halogens is 3. The summed E-state index contributed by atoms with van der Waals surface area (Å²) in [5.74, 6) is -3.34. The average molecular weight is 314 g/mol. The van der Waals surface area contributed by atoms with Crippen molar-refractivity contribution in [3.05, 3.63) is 62.9 Å². The maximum Gasteiger partial charge on any atom is 0.288 e. The summed E-state index contributed by atoms with van der Waals surface area (Å²) in [7, 11) is 0. The summed E-state index contributed by atoms with van der Waals surface area (Å²) in [4.78, 5) is 25.3. The monoisotopic (exact) mass is 313 g/mol. The van der Waals surface area contributed by atoms with E-state index in [4.69, 9.17) is 11.6 Å². The highest BCUT2D eigenvalue weighted by Gasteiger charge is 2.19. The fourth-order valence-electron chi connectivity index (χ4n) is 1.49. The molecule has 1 heterocycles. The van der Waals surface area contributed by atoms with Gasteiger partial charge >= 0.3 is 0 Å². The summed E-state index contributed by atoms with van der Waals surface area (Å²) in [6.07, 6.45) is 0.877. The third-order valence-corrected chi connectivity index (χ3v) is 2.78. The van der Waals surface area contributed by atoms with Gasteiger partial charge in [-0.25, -0.2) is 13.8 Å². The molecule has 0 saturated carbocycles. The van der Waals surface area contributed by atoms with Crippen LogP contribution in [0.15, 0.2) is 30.5 Å². The van der Waals surface area contributed by atoms with Crippen LogP contribution in [0.25, 0.3) is 0 Å². The number of benzene rings is 1. The smallest absolute Gasteiger partial charge is 0.288 e. The maximum atomic E-state index is 13.4. The highest BCUT2D eigenvalue weighted by atomic mass is 35.5. The number of aromatic nitrogens is 1.